The smallest absolute Gasteiger partial charge is 0.243 e. The maximum atomic E-state index is 13.5. The van der Waals surface area contributed by atoms with Gasteiger partial charge < -0.3 is 4.74 Å². The van der Waals surface area contributed by atoms with Crippen molar-refractivity contribution < 1.29 is 9.13 Å². The Morgan fingerprint density at radius 2 is 2.35 bits per heavy atom. The van der Waals surface area contributed by atoms with Crippen molar-refractivity contribution in [2.75, 3.05) is 0 Å². The predicted molar refractivity (Wildman–Crippen MR) is 76.9 cm³/mol. The molecule has 0 radical (unpaired) electrons. The van der Waals surface area contributed by atoms with Gasteiger partial charge in [0.2, 0.25) is 5.88 Å². The molecule has 0 bridgehead atoms. The third-order valence-electron chi connectivity index (χ3n) is 2.73. The Kier molecular flexibility index (Phi) is 3.42. The molecule has 100 valence electrons. The number of imidazole rings is 1. The summed E-state index contributed by atoms with van der Waals surface area (Å²) in [4.78, 5) is 5.16. The maximum absolute atomic E-state index is 13.5. The number of alkyl halides is 1. The Labute approximate surface area is 126 Å². The standard InChI is InChI=1S/C13H7BrFN3OS/c14-6-11-12(17-13-18(11)3-4-20-13)19-9-2-1-8(7-16)10(15)5-9/h1-5H,6H2. The summed E-state index contributed by atoms with van der Waals surface area (Å²) >= 11 is 4.88. The monoisotopic (exact) mass is 351 g/mol. The highest BCUT2D eigenvalue weighted by atomic mass is 79.9. The van der Waals surface area contributed by atoms with Crippen LogP contribution in [0.3, 0.4) is 0 Å². The molecule has 0 aliphatic rings. The van der Waals surface area contributed by atoms with Crippen molar-refractivity contribution in [1.29, 1.82) is 5.26 Å². The van der Waals surface area contributed by atoms with Gasteiger partial charge in [-0.3, -0.25) is 4.40 Å². The SMILES string of the molecule is N#Cc1ccc(Oc2nc3sccn3c2CBr)cc1F. The van der Waals surface area contributed by atoms with Gasteiger partial charge in [0.05, 0.1) is 11.3 Å². The fraction of sp³-hybridized carbons (Fsp3) is 0.0769. The van der Waals surface area contributed by atoms with Crippen LogP contribution < -0.4 is 4.74 Å². The molecule has 0 fully saturated rings. The van der Waals surface area contributed by atoms with Crippen molar-refractivity contribution in [3.63, 3.8) is 0 Å². The summed E-state index contributed by atoms with van der Waals surface area (Å²) in [7, 11) is 0. The Bertz CT molecular complexity index is 821. The minimum Gasteiger partial charge on any atom is -0.437 e. The number of nitrogens with zero attached hydrogens (tertiary/aromatic N) is 3. The molecule has 1 aromatic carbocycles. The fourth-order valence-corrected chi connectivity index (χ4v) is 3.01. The molecule has 0 unspecified atom stereocenters. The fourth-order valence-electron chi connectivity index (χ4n) is 1.78. The van der Waals surface area contributed by atoms with Crippen LogP contribution >= 0.6 is 27.3 Å². The van der Waals surface area contributed by atoms with Crippen molar-refractivity contribution in [1.82, 2.24) is 9.38 Å². The first kappa shape index (κ1) is 13.1. The van der Waals surface area contributed by atoms with E-state index in [0.29, 0.717) is 17.0 Å². The molecule has 3 aromatic rings. The number of benzene rings is 1. The van der Waals surface area contributed by atoms with Crippen LogP contribution in [-0.2, 0) is 5.33 Å². The predicted octanol–water partition coefficient (Wildman–Crippen LogP) is 4.09. The topological polar surface area (TPSA) is 50.3 Å². The van der Waals surface area contributed by atoms with Gasteiger partial charge in [0.1, 0.15) is 17.6 Å². The molecule has 0 spiro atoms. The molecule has 0 saturated carbocycles. The first-order valence-corrected chi connectivity index (χ1v) is 7.61. The molecular weight excluding hydrogens is 345 g/mol. The summed E-state index contributed by atoms with van der Waals surface area (Å²) in [6, 6.07) is 5.89. The molecule has 0 atom stereocenters. The van der Waals surface area contributed by atoms with Crippen LogP contribution in [0.2, 0.25) is 0 Å². The molecule has 0 saturated heterocycles. The van der Waals surface area contributed by atoms with E-state index in [2.05, 4.69) is 20.9 Å². The van der Waals surface area contributed by atoms with E-state index in [1.54, 1.807) is 12.1 Å². The van der Waals surface area contributed by atoms with Crippen molar-refractivity contribution in [3.8, 4) is 17.7 Å². The Hall–Kier alpha value is -1.91. The quantitative estimate of drug-likeness (QED) is 0.667. The minimum atomic E-state index is -0.605. The number of hydrogen-bond acceptors (Lipinski definition) is 4. The highest BCUT2D eigenvalue weighted by Crippen LogP contribution is 2.30. The molecule has 4 nitrogen and oxygen atoms in total. The number of nitriles is 1. The zero-order valence-corrected chi connectivity index (χ0v) is 12.4. The number of halogens is 2. The van der Waals surface area contributed by atoms with Gasteiger partial charge in [-0.05, 0) is 12.1 Å². The van der Waals surface area contributed by atoms with Gasteiger partial charge in [0.15, 0.2) is 4.96 Å². The number of ether oxygens (including phenoxy) is 1. The zero-order chi connectivity index (χ0) is 14.1. The number of rotatable bonds is 3. The zero-order valence-electron chi connectivity index (χ0n) is 10.0. The molecule has 2 heterocycles. The molecule has 20 heavy (non-hydrogen) atoms. The van der Waals surface area contributed by atoms with Gasteiger partial charge >= 0.3 is 0 Å². The van der Waals surface area contributed by atoms with Crippen molar-refractivity contribution in [2.24, 2.45) is 0 Å². The number of aromatic nitrogens is 2. The lowest BCUT2D eigenvalue weighted by molar-refractivity contribution is 0.457. The van der Waals surface area contributed by atoms with Crippen LogP contribution in [-0.4, -0.2) is 9.38 Å². The Morgan fingerprint density at radius 3 is 3.05 bits per heavy atom. The average molecular weight is 352 g/mol. The van der Waals surface area contributed by atoms with Gasteiger partial charge in [0, 0.05) is 23.0 Å². The maximum Gasteiger partial charge on any atom is 0.243 e. The van der Waals surface area contributed by atoms with Crippen molar-refractivity contribution in [2.45, 2.75) is 5.33 Å². The van der Waals surface area contributed by atoms with Crippen LogP contribution in [0.5, 0.6) is 11.6 Å². The van der Waals surface area contributed by atoms with Gasteiger partial charge in [-0.1, -0.05) is 15.9 Å². The number of fused-ring (bicyclic) bond motifs is 1. The second kappa shape index (κ2) is 5.23. The van der Waals surface area contributed by atoms with E-state index < -0.39 is 5.82 Å². The summed E-state index contributed by atoms with van der Waals surface area (Å²) in [6.07, 6.45) is 1.90. The summed E-state index contributed by atoms with van der Waals surface area (Å²) < 4.78 is 21.1. The lowest BCUT2D eigenvalue weighted by Gasteiger charge is -2.05. The first-order chi connectivity index (χ1) is 9.72. The number of thiazole rings is 1. The lowest BCUT2D eigenvalue weighted by atomic mass is 10.2. The van der Waals surface area contributed by atoms with Gasteiger partial charge in [-0.25, -0.2) is 4.39 Å². The number of hydrogen-bond donors (Lipinski definition) is 0. The van der Waals surface area contributed by atoms with Gasteiger partial charge in [0.25, 0.3) is 0 Å². The molecule has 3 rings (SSSR count). The molecule has 2 aromatic heterocycles. The largest absolute Gasteiger partial charge is 0.437 e. The summed E-state index contributed by atoms with van der Waals surface area (Å²) in [6.45, 7) is 0. The molecule has 0 aliphatic heterocycles. The van der Waals surface area contributed by atoms with E-state index >= 15 is 0 Å². The Balaban J connectivity index is 1.98. The lowest BCUT2D eigenvalue weighted by Crippen LogP contribution is -1.92. The molecule has 0 amide bonds. The van der Waals surface area contributed by atoms with Crippen molar-refractivity contribution in [3.05, 3.63) is 46.9 Å². The summed E-state index contributed by atoms with van der Waals surface area (Å²) in [5, 5.41) is 11.2. The van der Waals surface area contributed by atoms with Crippen LogP contribution in [0.25, 0.3) is 4.96 Å². The van der Waals surface area contributed by atoms with Gasteiger partial charge in [-0.15, -0.1) is 11.3 Å². The van der Waals surface area contributed by atoms with Gasteiger partial charge in [-0.2, -0.15) is 10.2 Å². The van der Waals surface area contributed by atoms with E-state index in [9.17, 15) is 4.39 Å². The highest BCUT2D eigenvalue weighted by Gasteiger charge is 2.14. The summed E-state index contributed by atoms with van der Waals surface area (Å²) in [5.74, 6) is 0.138. The highest BCUT2D eigenvalue weighted by molar-refractivity contribution is 9.08. The van der Waals surface area contributed by atoms with Crippen LogP contribution in [0.4, 0.5) is 4.39 Å². The normalized spacial score (nSPS) is 10.7. The second-order valence-corrected chi connectivity index (χ2v) is 5.34. The third kappa shape index (κ3) is 2.17. The van der Waals surface area contributed by atoms with Crippen LogP contribution in [0.15, 0.2) is 29.8 Å². The Morgan fingerprint density at radius 1 is 1.50 bits per heavy atom. The van der Waals surface area contributed by atoms with Crippen LogP contribution in [0.1, 0.15) is 11.3 Å². The second-order valence-electron chi connectivity index (χ2n) is 3.91. The van der Waals surface area contributed by atoms with E-state index in [-0.39, 0.29) is 5.56 Å². The van der Waals surface area contributed by atoms with E-state index in [1.807, 2.05) is 16.0 Å². The average Bonchev–Trinajstić information content (AvgIpc) is 2.99. The van der Waals surface area contributed by atoms with Crippen LogP contribution in [0, 0.1) is 17.1 Å². The minimum absolute atomic E-state index is 0.0103. The summed E-state index contributed by atoms with van der Waals surface area (Å²) in [5.41, 5.74) is 0.843. The molecule has 7 heteroatoms. The van der Waals surface area contributed by atoms with E-state index in [0.717, 1.165) is 10.7 Å². The van der Waals surface area contributed by atoms with E-state index in [1.165, 1.54) is 23.5 Å². The third-order valence-corrected chi connectivity index (χ3v) is 4.01. The molecule has 0 aliphatic carbocycles. The molecular formula is C13H7BrFN3OS. The van der Waals surface area contributed by atoms with E-state index in [4.69, 9.17) is 10.00 Å². The van der Waals surface area contributed by atoms with Crippen molar-refractivity contribution >= 4 is 32.2 Å². The first-order valence-electron chi connectivity index (χ1n) is 5.61. The molecule has 0 N–H and O–H groups in total.